The molecule has 2 aromatic rings. The van der Waals surface area contributed by atoms with Crippen LogP contribution in [0.25, 0.3) is 0 Å². The number of rotatable bonds is 7. The highest BCUT2D eigenvalue weighted by Crippen LogP contribution is 2.14. The zero-order valence-electron chi connectivity index (χ0n) is 14.9. The van der Waals surface area contributed by atoms with Gasteiger partial charge >= 0.3 is 0 Å². The van der Waals surface area contributed by atoms with E-state index in [1.807, 2.05) is 49.4 Å². The molecule has 1 atom stereocenters. The molecule has 0 spiro atoms. The largest absolute Gasteiger partial charge is 0.386 e. The monoisotopic (exact) mass is 411 g/mol. The van der Waals surface area contributed by atoms with Crippen LogP contribution in [-0.4, -0.2) is 5.91 Å². The molecule has 0 bridgehead atoms. The van der Waals surface area contributed by atoms with Crippen LogP contribution in [0.3, 0.4) is 0 Å². The number of halogens is 1. The number of nitriles is 1. The van der Waals surface area contributed by atoms with Crippen molar-refractivity contribution in [2.45, 2.75) is 32.9 Å². The van der Waals surface area contributed by atoms with E-state index in [2.05, 4.69) is 45.6 Å². The maximum absolute atomic E-state index is 12.3. The Morgan fingerprint density at radius 1 is 1.23 bits per heavy atom. The molecule has 1 amide bonds. The molecule has 5 heteroatoms. The van der Waals surface area contributed by atoms with E-state index in [4.69, 9.17) is 0 Å². The molecule has 0 saturated heterocycles. The van der Waals surface area contributed by atoms with E-state index in [0.717, 1.165) is 22.0 Å². The molecule has 4 nitrogen and oxygen atoms in total. The van der Waals surface area contributed by atoms with Crippen LogP contribution in [0.15, 0.2) is 64.8 Å². The van der Waals surface area contributed by atoms with Gasteiger partial charge in [0.1, 0.15) is 11.6 Å². The van der Waals surface area contributed by atoms with E-state index in [9.17, 15) is 10.1 Å². The summed E-state index contributed by atoms with van der Waals surface area (Å²) in [5.74, 6) is -0.388. The molecule has 0 saturated carbocycles. The third kappa shape index (κ3) is 5.75. The minimum atomic E-state index is -0.388. The van der Waals surface area contributed by atoms with Gasteiger partial charge in [-0.3, -0.25) is 4.79 Å². The number of hydrogen-bond acceptors (Lipinski definition) is 3. The quantitative estimate of drug-likeness (QED) is 0.524. The SMILES string of the molecule is CCc1ccc(C(C)NC(=O)/C(C#N)=C\NCc2cccc(Br)c2)cc1. The summed E-state index contributed by atoms with van der Waals surface area (Å²) in [6.07, 6.45) is 2.44. The lowest BCUT2D eigenvalue weighted by atomic mass is 10.0. The fourth-order valence-corrected chi connectivity index (χ4v) is 2.91. The third-order valence-corrected chi connectivity index (χ3v) is 4.54. The lowest BCUT2D eigenvalue weighted by molar-refractivity contribution is -0.117. The summed E-state index contributed by atoms with van der Waals surface area (Å²) in [4.78, 5) is 12.3. The Labute approximate surface area is 163 Å². The van der Waals surface area contributed by atoms with Crippen molar-refractivity contribution in [3.05, 3.63) is 81.5 Å². The summed E-state index contributed by atoms with van der Waals surface area (Å²) in [6, 6.07) is 17.7. The number of nitrogens with zero attached hydrogens (tertiary/aromatic N) is 1. The van der Waals surface area contributed by atoms with E-state index in [1.54, 1.807) is 0 Å². The van der Waals surface area contributed by atoms with Gasteiger partial charge in [-0.05, 0) is 42.2 Å². The number of aryl methyl sites for hydroxylation is 1. The van der Waals surface area contributed by atoms with Gasteiger partial charge in [0.05, 0.1) is 6.04 Å². The van der Waals surface area contributed by atoms with Crippen LogP contribution in [0.5, 0.6) is 0 Å². The summed E-state index contributed by atoms with van der Waals surface area (Å²) in [6.45, 7) is 4.54. The minimum Gasteiger partial charge on any atom is -0.386 e. The van der Waals surface area contributed by atoms with Gasteiger partial charge < -0.3 is 10.6 Å². The van der Waals surface area contributed by atoms with Gasteiger partial charge in [-0.25, -0.2) is 0 Å². The Balaban J connectivity index is 1.95. The fourth-order valence-electron chi connectivity index (χ4n) is 2.47. The first-order valence-corrected chi connectivity index (χ1v) is 9.30. The molecule has 2 N–H and O–H groups in total. The molecule has 0 radical (unpaired) electrons. The molecule has 26 heavy (non-hydrogen) atoms. The highest BCUT2D eigenvalue weighted by Gasteiger charge is 2.13. The Morgan fingerprint density at radius 2 is 1.96 bits per heavy atom. The topological polar surface area (TPSA) is 64.9 Å². The van der Waals surface area contributed by atoms with Crippen molar-refractivity contribution in [3.63, 3.8) is 0 Å². The maximum Gasteiger partial charge on any atom is 0.263 e. The van der Waals surface area contributed by atoms with Gasteiger partial charge in [-0.1, -0.05) is 59.3 Å². The van der Waals surface area contributed by atoms with E-state index >= 15 is 0 Å². The maximum atomic E-state index is 12.3. The average Bonchev–Trinajstić information content (AvgIpc) is 2.65. The van der Waals surface area contributed by atoms with Gasteiger partial charge in [0.25, 0.3) is 5.91 Å². The number of carbonyl (C=O) groups excluding carboxylic acids is 1. The van der Waals surface area contributed by atoms with Gasteiger partial charge in [0, 0.05) is 17.2 Å². The van der Waals surface area contributed by atoms with Crippen LogP contribution in [-0.2, 0) is 17.8 Å². The number of nitrogens with one attached hydrogen (secondary N) is 2. The fraction of sp³-hybridized carbons (Fsp3) is 0.238. The second-order valence-electron chi connectivity index (χ2n) is 5.97. The first-order valence-electron chi connectivity index (χ1n) is 8.51. The van der Waals surface area contributed by atoms with E-state index in [1.165, 1.54) is 11.8 Å². The molecule has 0 aliphatic carbocycles. The van der Waals surface area contributed by atoms with Crippen molar-refractivity contribution < 1.29 is 4.79 Å². The van der Waals surface area contributed by atoms with Crippen molar-refractivity contribution in [2.24, 2.45) is 0 Å². The average molecular weight is 412 g/mol. The summed E-state index contributed by atoms with van der Waals surface area (Å²) < 4.78 is 0.988. The minimum absolute atomic E-state index is 0.0528. The van der Waals surface area contributed by atoms with Gasteiger partial charge in [-0.2, -0.15) is 5.26 Å². The van der Waals surface area contributed by atoms with Crippen molar-refractivity contribution in [3.8, 4) is 6.07 Å². The van der Waals surface area contributed by atoms with E-state index in [-0.39, 0.29) is 17.5 Å². The lowest BCUT2D eigenvalue weighted by Crippen LogP contribution is -2.28. The van der Waals surface area contributed by atoms with Crippen LogP contribution < -0.4 is 10.6 Å². The molecular formula is C21H22BrN3O. The van der Waals surface area contributed by atoms with Crippen molar-refractivity contribution in [1.82, 2.24) is 10.6 Å². The number of benzene rings is 2. The summed E-state index contributed by atoms with van der Waals surface area (Å²) in [5.41, 5.74) is 3.37. The zero-order valence-corrected chi connectivity index (χ0v) is 16.5. The van der Waals surface area contributed by atoms with Crippen LogP contribution in [0.2, 0.25) is 0 Å². The highest BCUT2D eigenvalue weighted by molar-refractivity contribution is 9.10. The highest BCUT2D eigenvalue weighted by atomic mass is 79.9. The standard InChI is InChI=1S/C21H22BrN3O/c1-3-16-7-9-18(10-8-16)15(2)25-21(26)19(12-23)14-24-13-17-5-4-6-20(22)11-17/h4-11,14-15,24H,3,13H2,1-2H3,(H,25,26)/b19-14-. The van der Waals surface area contributed by atoms with Crippen LogP contribution in [0.4, 0.5) is 0 Å². The van der Waals surface area contributed by atoms with Crippen molar-refractivity contribution in [2.75, 3.05) is 0 Å². The first kappa shape index (κ1) is 19.7. The third-order valence-electron chi connectivity index (χ3n) is 4.04. The number of amides is 1. The smallest absolute Gasteiger partial charge is 0.263 e. The summed E-state index contributed by atoms with van der Waals surface area (Å²) >= 11 is 3.42. The molecule has 134 valence electrons. The number of hydrogen-bond donors (Lipinski definition) is 2. The van der Waals surface area contributed by atoms with Gasteiger partial charge in [0.2, 0.25) is 0 Å². The summed E-state index contributed by atoms with van der Waals surface area (Å²) in [7, 11) is 0. The molecular weight excluding hydrogens is 390 g/mol. The molecule has 0 fully saturated rings. The normalized spacial score (nSPS) is 12.2. The Morgan fingerprint density at radius 3 is 2.58 bits per heavy atom. The van der Waals surface area contributed by atoms with E-state index < -0.39 is 0 Å². The first-order chi connectivity index (χ1) is 12.5. The van der Waals surface area contributed by atoms with E-state index in [0.29, 0.717) is 6.54 Å². The molecule has 0 aliphatic rings. The molecule has 2 rings (SSSR count). The zero-order chi connectivity index (χ0) is 18.9. The molecule has 2 aromatic carbocycles. The Bertz CT molecular complexity index is 822. The Hall–Kier alpha value is -2.58. The molecule has 0 heterocycles. The molecule has 0 aromatic heterocycles. The van der Waals surface area contributed by atoms with Crippen molar-refractivity contribution in [1.29, 1.82) is 5.26 Å². The second-order valence-corrected chi connectivity index (χ2v) is 6.89. The lowest BCUT2D eigenvalue weighted by Gasteiger charge is -2.14. The molecule has 0 aliphatic heterocycles. The molecule has 1 unspecified atom stereocenters. The summed E-state index contributed by atoms with van der Waals surface area (Å²) in [5, 5.41) is 15.2. The number of carbonyl (C=O) groups is 1. The Kier molecular flexibility index (Phi) is 7.43. The van der Waals surface area contributed by atoms with Gasteiger partial charge in [-0.15, -0.1) is 0 Å². The predicted molar refractivity (Wildman–Crippen MR) is 107 cm³/mol. The predicted octanol–water partition coefficient (Wildman–Crippen LogP) is 4.39. The van der Waals surface area contributed by atoms with Crippen LogP contribution in [0.1, 0.15) is 36.6 Å². The van der Waals surface area contributed by atoms with Crippen LogP contribution in [0, 0.1) is 11.3 Å². The van der Waals surface area contributed by atoms with Crippen molar-refractivity contribution >= 4 is 21.8 Å². The van der Waals surface area contributed by atoms with Crippen LogP contribution >= 0.6 is 15.9 Å². The second kappa shape index (κ2) is 9.79. The van der Waals surface area contributed by atoms with Gasteiger partial charge in [0.15, 0.2) is 0 Å².